The van der Waals surface area contributed by atoms with Crippen molar-refractivity contribution in [3.63, 3.8) is 0 Å². The number of hydrogen-bond acceptors (Lipinski definition) is 6. The molecule has 0 bridgehead atoms. The van der Waals surface area contributed by atoms with E-state index in [0.717, 1.165) is 23.4 Å². The molecule has 0 aromatic heterocycles. The van der Waals surface area contributed by atoms with Crippen LogP contribution in [0.4, 0.5) is 24.5 Å². The summed E-state index contributed by atoms with van der Waals surface area (Å²) >= 11 is 0. The van der Waals surface area contributed by atoms with E-state index in [4.69, 9.17) is 14.2 Å². The van der Waals surface area contributed by atoms with Crippen molar-refractivity contribution in [3.8, 4) is 11.5 Å². The summed E-state index contributed by atoms with van der Waals surface area (Å²) in [7, 11) is 1.33. The molecular weight excluding hydrogens is 517 g/mol. The monoisotopic (exact) mass is 542 g/mol. The maximum Gasteiger partial charge on any atom is 0.416 e. The number of fused-ring (bicyclic) bond motifs is 1. The van der Waals surface area contributed by atoms with Crippen LogP contribution in [0.15, 0.2) is 66.7 Å². The van der Waals surface area contributed by atoms with Crippen LogP contribution in [0.1, 0.15) is 28.4 Å². The number of para-hydroxylation sites is 1. The lowest BCUT2D eigenvalue weighted by Gasteiger charge is -2.22. The third-order valence-electron chi connectivity index (χ3n) is 6.03. The number of carbonyl (C=O) groups is 3. The lowest BCUT2D eigenvalue weighted by molar-refractivity contribution is -0.137. The molecule has 0 spiro atoms. The van der Waals surface area contributed by atoms with E-state index in [0.29, 0.717) is 6.42 Å². The quantitative estimate of drug-likeness (QED) is 0.409. The SMILES string of the molecule is COc1cc(C(=O)OCC(=O)N2c3ccccc3C[C@H]2C)ccc1OCC(=O)Nc1cccc(C(F)(F)F)c1. The third-order valence-corrected chi connectivity index (χ3v) is 6.03. The summed E-state index contributed by atoms with van der Waals surface area (Å²) < 4.78 is 54.5. The Bertz CT molecular complexity index is 1390. The number of nitrogens with zero attached hydrogens (tertiary/aromatic N) is 1. The van der Waals surface area contributed by atoms with Crippen molar-refractivity contribution in [1.82, 2.24) is 0 Å². The lowest BCUT2D eigenvalue weighted by atomic mass is 10.1. The zero-order valence-electron chi connectivity index (χ0n) is 21.1. The molecule has 2 amide bonds. The predicted molar refractivity (Wildman–Crippen MR) is 136 cm³/mol. The highest BCUT2D eigenvalue weighted by Gasteiger charge is 2.32. The lowest BCUT2D eigenvalue weighted by Crippen LogP contribution is -2.38. The molecule has 1 aliphatic heterocycles. The van der Waals surface area contributed by atoms with Gasteiger partial charge in [-0.05, 0) is 61.4 Å². The van der Waals surface area contributed by atoms with Gasteiger partial charge in [0.25, 0.3) is 11.8 Å². The molecule has 0 fully saturated rings. The highest BCUT2D eigenvalue weighted by Crippen LogP contribution is 2.33. The molecule has 39 heavy (non-hydrogen) atoms. The maximum absolute atomic E-state index is 12.9. The maximum atomic E-state index is 12.9. The Hall–Kier alpha value is -4.54. The summed E-state index contributed by atoms with van der Waals surface area (Å²) in [5.41, 5.74) is 1.01. The highest BCUT2D eigenvalue weighted by molar-refractivity contribution is 5.99. The van der Waals surface area contributed by atoms with Crippen molar-refractivity contribution in [2.24, 2.45) is 0 Å². The van der Waals surface area contributed by atoms with Crippen molar-refractivity contribution in [2.45, 2.75) is 25.6 Å². The molecule has 1 atom stereocenters. The topological polar surface area (TPSA) is 94.2 Å². The van der Waals surface area contributed by atoms with E-state index >= 15 is 0 Å². The van der Waals surface area contributed by atoms with Gasteiger partial charge in [0.1, 0.15) is 0 Å². The van der Waals surface area contributed by atoms with Gasteiger partial charge in [-0.3, -0.25) is 9.59 Å². The second-order valence-electron chi connectivity index (χ2n) is 8.80. The summed E-state index contributed by atoms with van der Waals surface area (Å²) in [6, 6.07) is 15.8. The minimum absolute atomic E-state index is 0.0372. The van der Waals surface area contributed by atoms with Crippen molar-refractivity contribution in [1.29, 1.82) is 0 Å². The molecule has 204 valence electrons. The number of ether oxygens (including phenoxy) is 3. The number of esters is 1. The van der Waals surface area contributed by atoms with E-state index in [-0.39, 0.29) is 34.7 Å². The Morgan fingerprint density at radius 1 is 0.974 bits per heavy atom. The molecule has 3 aromatic carbocycles. The van der Waals surface area contributed by atoms with Crippen LogP contribution in [-0.2, 0) is 26.9 Å². The number of halogens is 3. The van der Waals surface area contributed by atoms with Crippen LogP contribution >= 0.6 is 0 Å². The van der Waals surface area contributed by atoms with Gasteiger partial charge in [0.15, 0.2) is 24.7 Å². The fourth-order valence-electron chi connectivity index (χ4n) is 4.25. The van der Waals surface area contributed by atoms with Crippen LogP contribution in [0.25, 0.3) is 0 Å². The molecule has 0 radical (unpaired) electrons. The zero-order valence-corrected chi connectivity index (χ0v) is 21.1. The number of carbonyl (C=O) groups excluding carboxylic acids is 3. The summed E-state index contributed by atoms with van der Waals surface area (Å²) in [6.07, 6.45) is -3.83. The van der Waals surface area contributed by atoms with Crippen molar-refractivity contribution in [2.75, 3.05) is 30.5 Å². The predicted octanol–water partition coefficient (Wildman–Crippen LogP) is 4.87. The van der Waals surface area contributed by atoms with Crippen molar-refractivity contribution < 1.29 is 41.8 Å². The molecule has 0 aliphatic carbocycles. The zero-order chi connectivity index (χ0) is 28.2. The smallest absolute Gasteiger partial charge is 0.416 e. The Labute approximate surface area is 222 Å². The molecule has 8 nitrogen and oxygen atoms in total. The molecule has 3 aromatic rings. The van der Waals surface area contributed by atoms with Gasteiger partial charge in [-0.1, -0.05) is 24.3 Å². The Morgan fingerprint density at radius 3 is 2.49 bits per heavy atom. The number of rotatable bonds is 8. The van der Waals surface area contributed by atoms with Crippen LogP contribution in [-0.4, -0.2) is 44.1 Å². The molecule has 11 heteroatoms. The van der Waals surface area contributed by atoms with Gasteiger partial charge in [-0.25, -0.2) is 4.79 Å². The number of methoxy groups -OCH3 is 1. The van der Waals surface area contributed by atoms with Crippen LogP contribution in [0.5, 0.6) is 11.5 Å². The van der Waals surface area contributed by atoms with Gasteiger partial charge >= 0.3 is 12.1 Å². The standard InChI is InChI=1S/C28H25F3N2O6/c1-17-12-18-6-3-4-9-22(18)33(17)26(35)16-39-27(36)19-10-11-23(24(13-19)37-2)38-15-25(34)32-21-8-5-7-20(14-21)28(29,30)31/h3-11,13-14,17H,12,15-16H2,1-2H3,(H,32,34)/t17-/m1/s1. The number of benzene rings is 3. The minimum atomic E-state index is -4.54. The molecule has 0 unspecified atom stereocenters. The largest absolute Gasteiger partial charge is 0.493 e. The first-order chi connectivity index (χ1) is 18.6. The summed E-state index contributed by atoms with van der Waals surface area (Å²) in [5, 5.41) is 2.34. The number of nitrogens with one attached hydrogen (secondary N) is 1. The molecule has 0 saturated carbocycles. The van der Waals surface area contributed by atoms with Crippen LogP contribution in [0.2, 0.25) is 0 Å². The van der Waals surface area contributed by atoms with Crippen LogP contribution < -0.4 is 19.7 Å². The van der Waals surface area contributed by atoms with Crippen molar-refractivity contribution in [3.05, 3.63) is 83.4 Å². The summed E-state index contributed by atoms with van der Waals surface area (Å²) in [4.78, 5) is 39.2. The van der Waals surface area contributed by atoms with E-state index in [1.165, 1.54) is 37.4 Å². The van der Waals surface area contributed by atoms with Crippen LogP contribution in [0.3, 0.4) is 0 Å². The van der Waals surface area contributed by atoms with Gasteiger partial charge in [0, 0.05) is 17.4 Å². The number of hydrogen-bond donors (Lipinski definition) is 1. The fourth-order valence-corrected chi connectivity index (χ4v) is 4.25. The molecule has 1 aliphatic rings. The van der Waals surface area contributed by atoms with Gasteiger partial charge in [-0.2, -0.15) is 13.2 Å². The molecule has 1 N–H and O–H groups in total. The summed E-state index contributed by atoms with van der Waals surface area (Å²) in [6.45, 7) is 0.942. The molecule has 0 saturated heterocycles. The first-order valence-corrected chi connectivity index (χ1v) is 11.9. The van der Waals surface area contributed by atoms with E-state index in [9.17, 15) is 27.6 Å². The van der Waals surface area contributed by atoms with Gasteiger partial charge in [0.2, 0.25) is 0 Å². The first kappa shape index (κ1) is 27.5. The average Bonchev–Trinajstić information content (AvgIpc) is 3.25. The third kappa shape index (κ3) is 6.49. The Kier molecular flexibility index (Phi) is 8.08. The minimum Gasteiger partial charge on any atom is -0.493 e. The fraction of sp³-hybridized carbons (Fsp3) is 0.250. The van der Waals surface area contributed by atoms with Crippen LogP contribution in [0, 0.1) is 0 Å². The van der Waals surface area contributed by atoms with Gasteiger partial charge in [0.05, 0.1) is 18.2 Å². The second kappa shape index (κ2) is 11.5. The van der Waals surface area contributed by atoms with E-state index in [2.05, 4.69) is 5.32 Å². The average molecular weight is 543 g/mol. The highest BCUT2D eigenvalue weighted by atomic mass is 19.4. The van der Waals surface area contributed by atoms with Gasteiger partial charge in [-0.15, -0.1) is 0 Å². The number of alkyl halides is 3. The van der Waals surface area contributed by atoms with E-state index in [1.54, 1.807) is 4.90 Å². The molecule has 4 rings (SSSR count). The Morgan fingerprint density at radius 2 is 1.74 bits per heavy atom. The normalized spacial score (nSPS) is 14.4. The first-order valence-electron chi connectivity index (χ1n) is 11.9. The van der Waals surface area contributed by atoms with E-state index in [1.807, 2.05) is 31.2 Å². The van der Waals surface area contributed by atoms with Gasteiger partial charge < -0.3 is 24.4 Å². The number of amides is 2. The van der Waals surface area contributed by atoms with E-state index < -0.39 is 36.8 Å². The molecule has 1 heterocycles. The summed E-state index contributed by atoms with van der Waals surface area (Å²) in [5.74, 6) is -1.57. The second-order valence-corrected chi connectivity index (χ2v) is 8.80. The Balaban J connectivity index is 1.33. The number of anilines is 2. The molecular formula is C28H25F3N2O6. The van der Waals surface area contributed by atoms with Crippen molar-refractivity contribution >= 4 is 29.2 Å².